The third kappa shape index (κ3) is 1.89. The standard InChI is InChI=1S/C9H11N3O/c13-9(3-7-4-11-5-7)8-6-10-1-2-12-8/h1-2,6-7,11H,3-5H2. The van der Waals surface area contributed by atoms with Crippen LogP contribution in [0, 0.1) is 5.92 Å². The van der Waals surface area contributed by atoms with Crippen molar-refractivity contribution >= 4 is 5.78 Å². The lowest BCUT2D eigenvalue weighted by molar-refractivity contribution is 0.0940. The Morgan fingerprint density at radius 1 is 1.54 bits per heavy atom. The predicted molar refractivity (Wildman–Crippen MR) is 47.3 cm³/mol. The monoisotopic (exact) mass is 177 g/mol. The van der Waals surface area contributed by atoms with Crippen LogP contribution in [-0.2, 0) is 0 Å². The molecule has 0 aromatic carbocycles. The number of hydrogen-bond donors (Lipinski definition) is 1. The molecule has 0 unspecified atom stereocenters. The number of nitrogens with one attached hydrogen (secondary N) is 1. The summed E-state index contributed by atoms with van der Waals surface area (Å²) in [5, 5.41) is 3.13. The first-order valence-electron chi connectivity index (χ1n) is 4.36. The number of hydrogen-bond acceptors (Lipinski definition) is 4. The van der Waals surface area contributed by atoms with Crippen LogP contribution >= 0.6 is 0 Å². The van der Waals surface area contributed by atoms with Gasteiger partial charge in [0.25, 0.3) is 0 Å². The number of carbonyl (C=O) groups excluding carboxylic acids is 1. The van der Waals surface area contributed by atoms with E-state index in [4.69, 9.17) is 0 Å². The lowest BCUT2D eigenvalue weighted by atomic mass is 9.96. The van der Waals surface area contributed by atoms with Gasteiger partial charge in [-0.1, -0.05) is 0 Å². The van der Waals surface area contributed by atoms with Gasteiger partial charge in [-0.3, -0.25) is 9.78 Å². The zero-order valence-corrected chi connectivity index (χ0v) is 7.23. The van der Waals surface area contributed by atoms with Gasteiger partial charge in [0, 0.05) is 18.8 Å². The van der Waals surface area contributed by atoms with Gasteiger partial charge in [0.1, 0.15) is 5.69 Å². The van der Waals surface area contributed by atoms with E-state index in [-0.39, 0.29) is 5.78 Å². The van der Waals surface area contributed by atoms with Crippen LogP contribution in [0.25, 0.3) is 0 Å². The minimum Gasteiger partial charge on any atom is -0.316 e. The van der Waals surface area contributed by atoms with E-state index in [1.165, 1.54) is 6.20 Å². The fraction of sp³-hybridized carbons (Fsp3) is 0.444. The Morgan fingerprint density at radius 2 is 2.38 bits per heavy atom. The Hall–Kier alpha value is -1.29. The van der Waals surface area contributed by atoms with Gasteiger partial charge in [-0.15, -0.1) is 0 Å². The van der Waals surface area contributed by atoms with E-state index in [1.807, 2.05) is 0 Å². The largest absolute Gasteiger partial charge is 0.316 e. The van der Waals surface area contributed by atoms with Gasteiger partial charge in [-0.2, -0.15) is 0 Å². The van der Waals surface area contributed by atoms with Crippen LogP contribution in [0.15, 0.2) is 18.6 Å². The molecular weight excluding hydrogens is 166 g/mol. The summed E-state index contributed by atoms with van der Waals surface area (Å²) in [5.74, 6) is 0.592. The maximum Gasteiger partial charge on any atom is 0.183 e. The average molecular weight is 177 g/mol. The molecule has 0 radical (unpaired) electrons. The van der Waals surface area contributed by atoms with Crippen LogP contribution in [0.3, 0.4) is 0 Å². The molecule has 1 fully saturated rings. The Bertz CT molecular complexity index is 295. The number of nitrogens with zero attached hydrogens (tertiary/aromatic N) is 2. The molecule has 1 aromatic rings. The molecule has 1 aliphatic rings. The molecule has 2 rings (SSSR count). The minimum atomic E-state index is 0.0969. The molecule has 0 amide bonds. The second-order valence-electron chi connectivity index (χ2n) is 3.24. The van der Waals surface area contributed by atoms with E-state index in [9.17, 15) is 4.79 Å². The SMILES string of the molecule is O=C(CC1CNC1)c1cnccn1. The molecule has 4 nitrogen and oxygen atoms in total. The van der Waals surface area contributed by atoms with Crippen LogP contribution < -0.4 is 5.32 Å². The van der Waals surface area contributed by atoms with E-state index in [0.29, 0.717) is 18.0 Å². The zero-order chi connectivity index (χ0) is 9.10. The lowest BCUT2D eigenvalue weighted by Gasteiger charge is -2.25. The second-order valence-corrected chi connectivity index (χ2v) is 3.24. The summed E-state index contributed by atoms with van der Waals surface area (Å²) in [5.41, 5.74) is 0.481. The summed E-state index contributed by atoms with van der Waals surface area (Å²) in [6, 6.07) is 0. The summed E-state index contributed by atoms with van der Waals surface area (Å²) in [7, 11) is 0. The van der Waals surface area contributed by atoms with Gasteiger partial charge in [0.2, 0.25) is 0 Å². The summed E-state index contributed by atoms with van der Waals surface area (Å²) in [6.07, 6.45) is 5.23. The molecule has 0 atom stereocenters. The summed E-state index contributed by atoms with van der Waals surface area (Å²) < 4.78 is 0. The van der Waals surface area contributed by atoms with Crippen LogP contribution in [0.4, 0.5) is 0 Å². The summed E-state index contributed by atoms with van der Waals surface area (Å²) in [4.78, 5) is 19.3. The van der Waals surface area contributed by atoms with Crippen LogP contribution in [0.2, 0.25) is 0 Å². The smallest absolute Gasteiger partial charge is 0.183 e. The van der Waals surface area contributed by atoms with Gasteiger partial charge < -0.3 is 5.32 Å². The molecule has 1 N–H and O–H groups in total. The van der Waals surface area contributed by atoms with Crippen molar-refractivity contribution in [2.75, 3.05) is 13.1 Å². The first-order chi connectivity index (χ1) is 6.36. The highest BCUT2D eigenvalue weighted by molar-refractivity contribution is 5.94. The maximum absolute atomic E-state index is 11.5. The third-order valence-electron chi connectivity index (χ3n) is 2.19. The van der Waals surface area contributed by atoms with Crippen LogP contribution in [-0.4, -0.2) is 28.8 Å². The Morgan fingerprint density at radius 3 is 2.92 bits per heavy atom. The fourth-order valence-corrected chi connectivity index (χ4v) is 1.30. The quantitative estimate of drug-likeness (QED) is 0.673. The second kappa shape index (κ2) is 3.62. The average Bonchev–Trinajstić information content (AvgIpc) is 2.12. The lowest BCUT2D eigenvalue weighted by Crippen LogP contribution is -2.43. The molecule has 13 heavy (non-hydrogen) atoms. The zero-order valence-electron chi connectivity index (χ0n) is 7.23. The van der Waals surface area contributed by atoms with Crippen molar-refractivity contribution < 1.29 is 4.79 Å². The molecule has 1 aromatic heterocycles. The Labute approximate surface area is 76.4 Å². The Kier molecular flexibility index (Phi) is 2.31. The number of ketones is 1. The van der Waals surface area contributed by atoms with Gasteiger partial charge in [-0.05, 0) is 19.0 Å². The highest BCUT2D eigenvalue weighted by Gasteiger charge is 2.21. The van der Waals surface area contributed by atoms with E-state index in [0.717, 1.165) is 13.1 Å². The molecule has 0 aliphatic carbocycles. The topological polar surface area (TPSA) is 54.9 Å². The predicted octanol–water partition coefficient (Wildman–Crippen LogP) is 0.269. The van der Waals surface area contributed by atoms with E-state index in [2.05, 4.69) is 15.3 Å². The Balaban J connectivity index is 1.97. The van der Waals surface area contributed by atoms with Gasteiger partial charge >= 0.3 is 0 Å². The van der Waals surface area contributed by atoms with Gasteiger partial charge in [-0.25, -0.2) is 4.98 Å². The number of aromatic nitrogens is 2. The summed E-state index contributed by atoms with van der Waals surface area (Å²) in [6.45, 7) is 1.90. The molecule has 4 heteroatoms. The first kappa shape index (κ1) is 8.31. The van der Waals surface area contributed by atoms with Gasteiger partial charge in [0.15, 0.2) is 5.78 Å². The molecule has 0 bridgehead atoms. The molecule has 1 aliphatic heterocycles. The van der Waals surface area contributed by atoms with Crippen molar-refractivity contribution in [3.63, 3.8) is 0 Å². The van der Waals surface area contributed by atoms with Crippen molar-refractivity contribution in [2.24, 2.45) is 5.92 Å². The van der Waals surface area contributed by atoms with E-state index >= 15 is 0 Å². The van der Waals surface area contributed by atoms with Gasteiger partial charge in [0.05, 0.1) is 6.20 Å². The van der Waals surface area contributed by atoms with Crippen molar-refractivity contribution in [3.8, 4) is 0 Å². The number of rotatable bonds is 3. The highest BCUT2D eigenvalue weighted by Crippen LogP contribution is 2.11. The first-order valence-corrected chi connectivity index (χ1v) is 4.36. The third-order valence-corrected chi connectivity index (χ3v) is 2.19. The fourth-order valence-electron chi connectivity index (χ4n) is 1.30. The molecule has 0 saturated carbocycles. The highest BCUT2D eigenvalue weighted by atomic mass is 16.1. The van der Waals surface area contributed by atoms with Crippen LogP contribution in [0.5, 0.6) is 0 Å². The molecule has 0 spiro atoms. The van der Waals surface area contributed by atoms with Crippen molar-refractivity contribution in [2.45, 2.75) is 6.42 Å². The van der Waals surface area contributed by atoms with Crippen LogP contribution in [0.1, 0.15) is 16.9 Å². The number of carbonyl (C=O) groups is 1. The minimum absolute atomic E-state index is 0.0969. The molecule has 2 heterocycles. The molecule has 1 saturated heterocycles. The van der Waals surface area contributed by atoms with Crippen molar-refractivity contribution in [3.05, 3.63) is 24.3 Å². The van der Waals surface area contributed by atoms with Crippen molar-refractivity contribution in [1.82, 2.24) is 15.3 Å². The molecule has 68 valence electrons. The number of Topliss-reactive ketones (excluding diaryl/α,β-unsaturated/α-hetero) is 1. The summed E-state index contributed by atoms with van der Waals surface area (Å²) >= 11 is 0. The normalized spacial score (nSPS) is 16.6. The maximum atomic E-state index is 11.5. The van der Waals surface area contributed by atoms with E-state index in [1.54, 1.807) is 12.4 Å². The molecular formula is C9H11N3O. The van der Waals surface area contributed by atoms with E-state index < -0.39 is 0 Å². The van der Waals surface area contributed by atoms with Crippen molar-refractivity contribution in [1.29, 1.82) is 0 Å².